The van der Waals surface area contributed by atoms with Gasteiger partial charge in [0, 0.05) is 6.42 Å². The SMILES string of the molecule is CC(=O)CC(=O)O.CCCCCCCCCCCCCCCCCC(=O)O. The van der Waals surface area contributed by atoms with E-state index in [1.807, 2.05) is 0 Å². The number of carbonyl (C=O) groups is 3. The second kappa shape index (κ2) is 22.7. The van der Waals surface area contributed by atoms with Crippen molar-refractivity contribution in [3.05, 3.63) is 0 Å². The van der Waals surface area contributed by atoms with Crippen molar-refractivity contribution in [2.45, 2.75) is 123 Å². The zero-order valence-corrected chi connectivity index (χ0v) is 17.6. The third kappa shape index (κ3) is 32.7. The standard InChI is InChI=1S/C18H36O2.C4H6O3/c1-2-3-4-5-6-7-8-9-10-11-12-13-14-15-16-17-18(19)20;1-3(5)2-4(6)7/h2-17H2,1H3,(H,19,20);2H2,1H3,(H,6,7). The molecule has 0 saturated heterocycles. The van der Waals surface area contributed by atoms with Crippen LogP contribution in [0.2, 0.25) is 0 Å². The molecule has 0 unspecified atom stereocenters. The van der Waals surface area contributed by atoms with Crippen LogP contribution < -0.4 is 0 Å². The molecule has 0 heterocycles. The van der Waals surface area contributed by atoms with Crippen molar-refractivity contribution in [3.63, 3.8) is 0 Å². The van der Waals surface area contributed by atoms with E-state index in [9.17, 15) is 14.4 Å². The number of rotatable bonds is 18. The molecule has 0 saturated carbocycles. The molecule has 160 valence electrons. The van der Waals surface area contributed by atoms with Crippen molar-refractivity contribution in [3.8, 4) is 0 Å². The summed E-state index contributed by atoms with van der Waals surface area (Å²) in [6.45, 7) is 3.51. The average Bonchev–Trinajstić information content (AvgIpc) is 2.57. The monoisotopic (exact) mass is 386 g/mol. The normalized spacial score (nSPS) is 10.1. The third-order valence-electron chi connectivity index (χ3n) is 4.39. The van der Waals surface area contributed by atoms with E-state index in [0.717, 1.165) is 12.8 Å². The van der Waals surface area contributed by atoms with Crippen LogP contribution in [-0.4, -0.2) is 27.9 Å². The van der Waals surface area contributed by atoms with E-state index in [2.05, 4.69) is 6.92 Å². The maximum absolute atomic E-state index is 10.3. The van der Waals surface area contributed by atoms with Crippen LogP contribution in [0.15, 0.2) is 0 Å². The number of unbranched alkanes of at least 4 members (excludes halogenated alkanes) is 14. The third-order valence-corrected chi connectivity index (χ3v) is 4.39. The van der Waals surface area contributed by atoms with Crippen LogP contribution in [0.1, 0.15) is 123 Å². The highest BCUT2D eigenvalue weighted by atomic mass is 16.4. The fourth-order valence-electron chi connectivity index (χ4n) is 2.86. The van der Waals surface area contributed by atoms with E-state index in [0.29, 0.717) is 6.42 Å². The van der Waals surface area contributed by atoms with Crippen molar-refractivity contribution in [2.75, 3.05) is 0 Å². The van der Waals surface area contributed by atoms with Gasteiger partial charge < -0.3 is 10.2 Å². The first-order valence-corrected chi connectivity index (χ1v) is 10.8. The van der Waals surface area contributed by atoms with Crippen LogP contribution in [0.25, 0.3) is 0 Å². The molecule has 0 spiro atoms. The van der Waals surface area contributed by atoms with Gasteiger partial charge in [-0.1, -0.05) is 96.8 Å². The lowest BCUT2D eigenvalue weighted by molar-refractivity contribution is -0.140. The Balaban J connectivity index is 0. The summed E-state index contributed by atoms with van der Waals surface area (Å²) >= 11 is 0. The molecule has 0 aromatic rings. The maximum atomic E-state index is 10.3. The Labute approximate surface area is 165 Å². The lowest BCUT2D eigenvalue weighted by atomic mass is 10.0. The summed E-state index contributed by atoms with van der Waals surface area (Å²) in [7, 11) is 0. The zero-order chi connectivity index (χ0) is 20.8. The van der Waals surface area contributed by atoms with E-state index in [4.69, 9.17) is 10.2 Å². The molecule has 27 heavy (non-hydrogen) atoms. The summed E-state index contributed by atoms with van der Waals surface area (Å²) in [6, 6.07) is 0. The summed E-state index contributed by atoms with van der Waals surface area (Å²) < 4.78 is 0. The lowest BCUT2D eigenvalue weighted by Gasteiger charge is -2.03. The first-order chi connectivity index (χ1) is 12.9. The molecule has 0 aliphatic rings. The quantitative estimate of drug-likeness (QED) is 0.210. The molecule has 0 aromatic carbocycles. The molecule has 0 bridgehead atoms. The lowest BCUT2D eigenvalue weighted by Crippen LogP contribution is -2.00. The van der Waals surface area contributed by atoms with Crippen LogP contribution in [0.4, 0.5) is 0 Å². The smallest absolute Gasteiger partial charge is 0.310 e. The van der Waals surface area contributed by atoms with Crippen molar-refractivity contribution in [2.24, 2.45) is 0 Å². The van der Waals surface area contributed by atoms with Gasteiger partial charge in [0.2, 0.25) is 0 Å². The Morgan fingerprint density at radius 3 is 1.11 bits per heavy atom. The van der Waals surface area contributed by atoms with Gasteiger partial charge in [-0.3, -0.25) is 14.4 Å². The number of aliphatic carboxylic acids is 2. The number of ketones is 1. The molecule has 0 aliphatic carbocycles. The fraction of sp³-hybridized carbons (Fsp3) is 0.864. The predicted molar refractivity (Wildman–Crippen MR) is 110 cm³/mol. The van der Waals surface area contributed by atoms with Gasteiger partial charge in [-0.2, -0.15) is 0 Å². The fourth-order valence-corrected chi connectivity index (χ4v) is 2.86. The van der Waals surface area contributed by atoms with Crippen LogP contribution >= 0.6 is 0 Å². The minimum Gasteiger partial charge on any atom is -0.481 e. The highest BCUT2D eigenvalue weighted by molar-refractivity contribution is 5.93. The Kier molecular flexibility index (Phi) is 23.3. The van der Waals surface area contributed by atoms with Crippen molar-refractivity contribution >= 4 is 17.7 Å². The van der Waals surface area contributed by atoms with E-state index < -0.39 is 11.9 Å². The van der Waals surface area contributed by atoms with E-state index in [-0.39, 0.29) is 12.2 Å². The van der Waals surface area contributed by atoms with Crippen LogP contribution in [0.5, 0.6) is 0 Å². The number of hydrogen-bond donors (Lipinski definition) is 2. The molecule has 0 atom stereocenters. The average molecular weight is 387 g/mol. The Morgan fingerprint density at radius 2 is 0.889 bits per heavy atom. The maximum Gasteiger partial charge on any atom is 0.310 e. The summed E-state index contributed by atoms with van der Waals surface area (Å²) in [6.07, 6.45) is 19.8. The van der Waals surface area contributed by atoms with Crippen LogP contribution in [-0.2, 0) is 14.4 Å². The second-order valence-electron chi connectivity index (χ2n) is 7.37. The number of carboxylic acid groups (broad SMARTS) is 2. The number of carboxylic acids is 2. The summed E-state index contributed by atoms with van der Waals surface area (Å²) in [5, 5.41) is 16.4. The van der Waals surface area contributed by atoms with Gasteiger partial charge >= 0.3 is 11.9 Å². The molecule has 0 radical (unpaired) electrons. The molecule has 5 nitrogen and oxygen atoms in total. The van der Waals surface area contributed by atoms with Gasteiger partial charge in [-0.25, -0.2) is 0 Å². The molecule has 0 aliphatic heterocycles. The van der Waals surface area contributed by atoms with E-state index in [1.54, 1.807) is 0 Å². The summed E-state index contributed by atoms with van der Waals surface area (Å²) in [4.78, 5) is 29.8. The molecular weight excluding hydrogens is 344 g/mol. The molecule has 0 amide bonds. The highest BCUT2D eigenvalue weighted by Gasteiger charge is 1.98. The number of Topliss-reactive ketones (excluding diaryl/α,β-unsaturated/α-hetero) is 1. The van der Waals surface area contributed by atoms with Gasteiger partial charge in [0.25, 0.3) is 0 Å². The summed E-state index contributed by atoms with van der Waals surface area (Å²) in [5.41, 5.74) is 0. The molecule has 5 heteroatoms. The minimum atomic E-state index is -1.06. The van der Waals surface area contributed by atoms with Gasteiger partial charge in [-0.05, 0) is 13.3 Å². The topological polar surface area (TPSA) is 91.7 Å². The second-order valence-corrected chi connectivity index (χ2v) is 7.37. The van der Waals surface area contributed by atoms with Gasteiger partial charge in [0.05, 0.1) is 0 Å². The molecule has 0 rings (SSSR count). The predicted octanol–water partition coefficient (Wildman–Crippen LogP) is 6.38. The minimum absolute atomic E-state index is 0.312. The molecule has 2 N–H and O–H groups in total. The Hall–Kier alpha value is -1.39. The van der Waals surface area contributed by atoms with Gasteiger partial charge in [-0.15, -0.1) is 0 Å². The molecular formula is C22H42O5. The van der Waals surface area contributed by atoms with Crippen LogP contribution in [0, 0.1) is 0 Å². The largest absolute Gasteiger partial charge is 0.481 e. The highest BCUT2D eigenvalue weighted by Crippen LogP contribution is 2.13. The van der Waals surface area contributed by atoms with E-state index in [1.165, 1.54) is 90.4 Å². The van der Waals surface area contributed by atoms with Gasteiger partial charge in [0.1, 0.15) is 12.2 Å². The molecule has 0 aromatic heterocycles. The van der Waals surface area contributed by atoms with E-state index >= 15 is 0 Å². The van der Waals surface area contributed by atoms with Crippen molar-refractivity contribution < 1.29 is 24.6 Å². The van der Waals surface area contributed by atoms with Crippen molar-refractivity contribution in [1.29, 1.82) is 0 Å². The van der Waals surface area contributed by atoms with Crippen molar-refractivity contribution in [1.82, 2.24) is 0 Å². The Morgan fingerprint density at radius 1 is 0.556 bits per heavy atom. The first kappa shape index (κ1) is 27.8. The zero-order valence-electron chi connectivity index (χ0n) is 17.6. The van der Waals surface area contributed by atoms with Gasteiger partial charge in [0.15, 0.2) is 0 Å². The Bertz CT molecular complexity index is 354. The number of carbonyl (C=O) groups excluding carboxylic acids is 1. The number of hydrogen-bond acceptors (Lipinski definition) is 3. The first-order valence-electron chi connectivity index (χ1n) is 10.8. The summed E-state index contributed by atoms with van der Waals surface area (Å²) in [5.74, 6) is -2.03. The van der Waals surface area contributed by atoms with Crippen LogP contribution in [0.3, 0.4) is 0 Å². The molecule has 0 fully saturated rings.